The van der Waals surface area contributed by atoms with Gasteiger partial charge in [0.15, 0.2) is 16.6 Å². The van der Waals surface area contributed by atoms with Crippen molar-refractivity contribution in [1.29, 1.82) is 0 Å². The zero-order chi connectivity index (χ0) is 14.0. The summed E-state index contributed by atoms with van der Waals surface area (Å²) in [6.07, 6.45) is 3.67. The van der Waals surface area contributed by atoms with E-state index >= 15 is 0 Å². The van der Waals surface area contributed by atoms with Crippen molar-refractivity contribution in [1.82, 2.24) is 4.98 Å². The van der Waals surface area contributed by atoms with Crippen molar-refractivity contribution < 1.29 is 14.3 Å². The molecule has 19 heavy (non-hydrogen) atoms. The van der Waals surface area contributed by atoms with E-state index in [1.165, 1.54) is 44.6 Å². The molecule has 1 heterocycles. The predicted molar refractivity (Wildman–Crippen MR) is 73.9 cm³/mol. The third kappa shape index (κ3) is 2.94. The SMILES string of the molecule is COC(=O)c1nc(NCC2(C)CCC2)sc1C(C)=O. The van der Waals surface area contributed by atoms with Gasteiger partial charge in [-0.1, -0.05) is 24.7 Å². The third-order valence-corrected chi connectivity index (χ3v) is 4.67. The van der Waals surface area contributed by atoms with Crippen LogP contribution >= 0.6 is 11.3 Å². The van der Waals surface area contributed by atoms with Gasteiger partial charge >= 0.3 is 5.97 Å². The topological polar surface area (TPSA) is 68.3 Å². The Kier molecular flexibility index (Phi) is 3.89. The predicted octanol–water partition coefficient (Wildman–Crippen LogP) is 2.73. The Labute approximate surface area is 116 Å². The molecule has 0 atom stereocenters. The monoisotopic (exact) mass is 282 g/mol. The molecule has 1 aliphatic rings. The molecule has 6 heteroatoms. The van der Waals surface area contributed by atoms with Gasteiger partial charge in [0.1, 0.15) is 4.88 Å². The van der Waals surface area contributed by atoms with E-state index in [0.29, 0.717) is 15.4 Å². The van der Waals surface area contributed by atoms with Gasteiger partial charge in [0, 0.05) is 13.5 Å². The number of carbonyl (C=O) groups excluding carboxylic acids is 2. The van der Waals surface area contributed by atoms with Crippen LogP contribution in [0.15, 0.2) is 0 Å². The van der Waals surface area contributed by atoms with Gasteiger partial charge < -0.3 is 10.1 Å². The van der Waals surface area contributed by atoms with E-state index in [1.54, 1.807) is 0 Å². The van der Waals surface area contributed by atoms with Crippen LogP contribution in [0.1, 0.15) is 53.3 Å². The van der Waals surface area contributed by atoms with Crippen molar-refractivity contribution in [2.45, 2.75) is 33.1 Å². The molecule has 1 N–H and O–H groups in total. The highest BCUT2D eigenvalue weighted by molar-refractivity contribution is 7.17. The van der Waals surface area contributed by atoms with Crippen LogP contribution in [0.25, 0.3) is 0 Å². The molecule has 1 aliphatic carbocycles. The van der Waals surface area contributed by atoms with Crippen LogP contribution in [0.2, 0.25) is 0 Å². The van der Waals surface area contributed by atoms with Crippen LogP contribution in [0.5, 0.6) is 0 Å². The summed E-state index contributed by atoms with van der Waals surface area (Å²) in [4.78, 5) is 27.6. The highest BCUT2D eigenvalue weighted by atomic mass is 32.1. The van der Waals surface area contributed by atoms with Crippen molar-refractivity contribution in [3.8, 4) is 0 Å². The first-order chi connectivity index (χ1) is 8.95. The Morgan fingerprint density at radius 2 is 2.16 bits per heavy atom. The van der Waals surface area contributed by atoms with Crippen molar-refractivity contribution >= 4 is 28.2 Å². The maximum Gasteiger partial charge on any atom is 0.358 e. The van der Waals surface area contributed by atoms with Crippen LogP contribution in [0.4, 0.5) is 5.13 Å². The fourth-order valence-corrected chi connectivity index (χ4v) is 2.96. The summed E-state index contributed by atoms with van der Waals surface area (Å²) in [5.41, 5.74) is 0.425. The van der Waals surface area contributed by atoms with Crippen LogP contribution in [-0.4, -0.2) is 30.4 Å². The number of anilines is 1. The molecule has 1 fully saturated rings. The van der Waals surface area contributed by atoms with E-state index in [4.69, 9.17) is 0 Å². The van der Waals surface area contributed by atoms with Crippen molar-refractivity contribution in [2.75, 3.05) is 19.0 Å². The minimum absolute atomic E-state index is 0.112. The molecule has 2 rings (SSSR count). The molecule has 0 aromatic carbocycles. The van der Waals surface area contributed by atoms with Gasteiger partial charge in [-0.25, -0.2) is 9.78 Å². The lowest BCUT2D eigenvalue weighted by atomic mass is 9.70. The van der Waals surface area contributed by atoms with Gasteiger partial charge in [-0.05, 0) is 18.3 Å². The molecule has 1 aromatic heterocycles. The molecule has 104 valence electrons. The van der Waals surface area contributed by atoms with Gasteiger partial charge in [-0.3, -0.25) is 4.79 Å². The normalized spacial score (nSPS) is 16.6. The lowest BCUT2D eigenvalue weighted by molar-refractivity contribution is 0.0591. The summed E-state index contributed by atoms with van der Waals surface area (Å²) in [5.74, 6) is -0.731. The first-order valence-corrected chi connectivity index (χ1v) is 7.11. The Morgan fingerprint density at radius 3 is 2.63 bits per heavy atom. The molecule has 0 amide bonds. The molecule has 0 saturated heterocycles. The lowest BCUT2D eigenvalue weighted by Crippen LogP contribution is -2.33. The number of carbonyl (C=O) groups is 2. The second-order valence-electron chi connectivity index (χ2n) is 5.26. The molecule has 1 saturated carbocycles. The zero-order valence-electron chi connectivity index (χ0n) is 11.4. The number of methoxy groups -OCH3 is 1. The maximum atomic E-state index is 11.6. The van der Waals surface area contributed by atoms with Gasteiger partial charge in [-0.2, -0.15) is 0 Å². The Morgan fingerprint density at radius 1 is 1.47 bits per heavy atom. The van der Waals surface area contributed by atoms with E-state index in [0.717, 1.165) is 6.54 Å². The summed E-state index contributed by atoms with van der Waals surface area (Å²) in [5, 5.41) is 3.84. The number of thiazole rings is 1. The van der Waals surface area contributed by atoms with Crippen molar-refractivity contribution in [2.24, 2.45) is 5.41 Å². The van der Waals surface area contributed by atoms with Crippen LogP contribution in [-0.2, 0) is 4.74 Å². The number of rotatable bonds is 5. The summed E-state index contributed by atoms with van der Waals surface area (Å²) in [7, 11) is 1.29. The first-order valence-electron chi connectivity index (χ1n) is 6.29. The van der Waals surface area contributed by atoms with Crippen molar-refractivity contribution in [3.63, 3.8) is 0 Å². The van der Waals surface area contributed by atoms with Gasteiger partial charge in [0.05, 0.1) is 7.11 Å². The number of hydrogen-bond donors (Lipinski definition) is 1. The van der Waals surface area contributed by atoms with Crippen LogP contribution in [0, 0.1) is 5.41 Å². The number of hydrogen-bond acceptors (Lipinski definition) is 6. The summed E-state index contributed by atoms with van der Waals surface area (Å²) < 4.78 is 4.64. The minimum Gasteiger partial charge on any atom is -0.464 e. The Bertz CT molecular complexity index is 506. The molecular formula is C13H18N2O3S. The number of ether oxygens (including phenoxy) is 1. The average Bonchev–Trinajstić information content (AvgIpc) is 2.77. The van der Waals surface area contributed by atoms with Crippen molar-refractivity contribution in [3.05, 3.63) is 10.6 Å². The standard InChI is InChI=1S/C13H18N2O3S/c1-8(16)10-9(11(17)18-3)15-12(19-10)14-7-13(2)5-4-6-13/h4-7H2,1-3H3,(H,14,15). The molecule has 0 aliphatic heterocycles. The molecule has 1 aromatic rings. The van der Waals surface area contributed by atoms with Gasteiger partial charge in [-0.15, -0.1) is 0 Å². The number of ketones is 1. The van der Waals surface area contributed by atoms with E-state index < -0.39 is 5.97 Å². The summed E-state index contributed by atoms with van der Waals surface area (Å²) >= 11 is 1.21. The maximum absolute atomic E-state index is 11.6. The number of esters is 1. The third-order valence-electron chi connectivity index (χ3n) is 3.55. The highest BCUT2D eigenvalue weighted by Crippen LogP contribution is 2.40. The van der Waals surface area contributed by atoms with Gasteiger partial charge in [0.2, 0.25) is 0 Å². The van der Waals surface area contributed by atoms with Crippen LogP contribution < -0.4 is 5.32 Å². The number of aromatic nitrogens is 1. The summed E-state index contributed by atoms with van der Waals surface area (Å²) in [6, 6.07) is 0. The molecule has 5 nitrogen and oxygen atoms in total. The lowest BCUT2D eigenvalue weighted by Gasteiger charge is -2.38. The number of nitrogens with one attached hydrogen (secondary N) is 1. The zero-order valence-corrected chi connectivity index (χ0v) is 12.2. The Balaban J connectivity index is 2.13. The fourth-order valence-electron chi connectivity index (χ4n) is 2.12. The first kappa shape index (κ1) is 14.0. The number of nitrogens with zero attached hydrogens (tertiary/aromatic N) is 1. The molecule has 0 unspecified atom stereocenters. The molecule has 0 bridgehead atoms. The van der Waals surface area contributed by atoms with E-state index in [9.17, 15) is 9.59 Å². The van der Waals surface area contributed by atoms with Gasteiger partial charge in [0.25, 0.3) is 0 Å². The molecule has 0 spiro atoms. The average molecular weight is 282 g/mol. The van der Waals surface area contributed by atoms with E-state index in [1.807, 2.05) is 0 Å². The van der Waals surface area contributed by atoms with Crippen LogP contribution in [0.3, 0.4) is 0 Å². The smallest absolute Gasteiger partial charge is 0.358 e. The number of Topliss-reactive ketones (excluding diaryl/α,β-unsaturated/α-hetero) is 1. The fraction of sp³-hybridized carbons (Fsp3) is 0.615. The Hall–Kier alpha value is -1.43. The van der Waals surface area contributed by atoms with E-state index in [-0.39, 0.29) is 11.5 Å². The molecular weight excluding hydrogens is 264 g/mol. The minimum atomic E-state index is -0.565. The quantitative estimate of drug-likeness (QED) is 0.664. The second-order valence-corrected chi connectivity index (χ2v) is 6.26. The second kappa shape index (κ2) is 5.28. The molecule has 0 radical (unpaired) electrons. The summed E-state index contributed by atoms with van der Waals surface area (Å²) in [6.45, 7) is 4.47. The largest absolute Gasteiger partial charge is 0.464 e. The van der Waals surface area contributed by atoms with E-state index in [2.05, 4.69) is 22.0 Å². The highest BCUT2D eigenvalue weighted by Gasteiger charge is 2.32.